The zero-order valence-corrected chi connectivity index (χ0v) is 12.1. The van der Waals surface area contributed by atoms with E-state index in [1.165, 1.54) is 18.9 Å². The zero-order chi connectivity index (χ0) is 14.4. The fourth-order valence-electron chi connectivity index (χ4n) is 2.46. The molecule has 5 nitrogen and oxygen atoms in total. The van der Waals surface area contributed by atoms with E-state index in [2.05, 4.69) is 5.32 Å². The fraction of sp³-hybridized carbons (Fsp3) is 0.571. The maximum Gasteiger partial charge on any atom is 0.275 e. The SMILES string of the molecule is O=[N+]([O-])c1cccc(Cl)c1CNCCOC1CCCC1. The van der Waals surface area contributed by atoms with Crippen LogP contribution in [0.4, 0.5) is 5.69 Å². The van der Waals surface area contributed by atoms with Gasteiger partial charge in [-0.05, 0) is 18.9 Å². The first-order valence-corrected chi connectivity index (χ1v) is 7.30. The third-order valence-corrected chi connectivity index (χ3v) is 3.88. The summed E-state index contributed by atoms with van der Waals surface area (Å²) in [5, 5.41) is 14.5. The van der Waals surface area contributed by atoms with Crippen LogP contribution in [0.2, 0.25) is 5.02 Å². The van der Waals surface area contributed by atoms with Crippen LogP contribution < -0.4 is 5.32 Å². The van der Waals surface area contributed by atoms with Crippen LogP contribution in [0.5, 0.6) is 0 Å². The Morgan fingerprint density at radius 3 is 2.85 bits per heavy atom. The smallest absolute Gasteiger partial charge is 0.275 e. The van der Waals surface area contributed by atoms with Crippen molar-refractivity contribution in [2.75, 3.05) is 13.2 Å². The van der Waals surface area contributed by atoms with E-state index in [1.807, 2.05) is 0 Å². The molecule has 2 rings (SSSR count). The van der Waals surface area contributed by atoms with Gasteiger partial charge in [0, 0.05) is 19.2 Å². The molecule has 1 saturated carbocycles. The summed E-state index contributed by atoms with van der Waals surface area (Å²) in [6, 6.07) is 4.73. The highest BCUT2D eigenvalue weighted by molar-refractivity contribution is 6.31. The number of rotatable bonds is 7. The monoisotopic (exact) mass is 298 g/mol. The van der Waals surface area contributed by atoms with Gasteiger partial charge in [0.15, 0.2) is 0 Å². The molecule has 0 amide bonds. The number of ether oxygens (including phenoxy) is 1. The second kappa shape index (κ2) is 7.57. The second-order valence-electron chi connectivity index (χ2n) is 4.95. The average Bonchev–Trinajstić information content (AvgIpc) is 2.92. The van der Waals surface area contributed by atoms with Crippen LogP contribution in [-0.4, -0.2) is 24.2 Å². The molecule has 0 radical (unpaired) electrons. The molecule has 0 spiro atoms. The summed E-state index contributed by atoms with van der Waals surface area (Å²) >= 11 is 6.01. The molecule has 1 N–H and O–H groups in total. The molecule has 1 aromatic carbocycles. The number of halogens is 1. The Morgan fingerprint density at radius 2 is 2.15 bits per heavy atom. The molecule has 0 atom stereocenters. The van der Waals surface area contributed by atoms with E-state index in [9.17, 15) is 10.1 Å². The predicted molar refractivity (Wildman–Crippen MR) is 78.0 cm³/mol. The standard InChI is InChI=1S/C14H19ClN2O3/c15-13-6-3-7-14(17(18)19)12(13)10-16-8-9-20-11-4-1-2-5-11/h3,6-7,11,16H,1-2,4-5,8-10H2. The maximum atomic E-state index is 10.9. The third kappa shape index (κ3) is 4.16. The number of nitro groups is 1. The fourth-order valence-corrected chi connectivity index (χ4v) is 2.70. The Balaban J connectivity index is 1.77. The van der Waals surface area contributed by atoms with E-state index in [0.717, 1.165) is 12.8 Å². The molecule has 0 unspecified atom stereocenters. The Hall–Kier alpha value is -1.17. The molecular formula is C14H19ClN2O3. The molecule has 1 fully saturated rings. The van der Waals surface area contributed by atoms with Crippen molar-refractivity contribution in [1.29, 1.82) is 0 Å². The lowest BCUT2D eigenvalue weighted by Gasteiger charge is -2.12. The zero-order valence-electron chi connectivity index (χ0n) is 11.3. The molecule has 6 heteroatoms. The van der Waals surface area contributed by atoms with E-state index in [4.69, 9.17) is 16.3 Å². The van der Waals surface area contributed by atoms with Gasteiger partial charge in [0.05, 0.1) is 28.2 Å². The first-order chi connectivity index (χ1) is 9.68. The largest absolute Gasteiger partial charge is 0.377 e. The lowest BCUT2D eigenvalue weighted by atomic mass is 10.2. The summed E-state index contributed by atoms with van der Waals surface area (Å²) in [7, 11) is 0. The van der Waals surface area contributed by atoms with Crippen molar-refractivity contribution in [2.24, 2.45) is 0 Å². The minimum atomic E-state index is -0.405. The van der Waals surface area contributed by atoms with Crippen LogP contribution in [0.15, 0.2) is 18.2 Å². The first kappa shape index (κ1) is 15.2. The molecule has 0 heterocycles. The lowest BCUT2D eigenvalue weighted by Crippen LogP contribution is -2.22. The number of benzene rings is 1. The van der Waals surface area contributed by atoms with Crippen molar-refractivity contribution in [3.05, 3.63) is 38.9 Å². The number of hydrogen-bond donors (Lipinski definition) is 1. The van der Waals surface area contributed by atoms with Crippen molar-refractivity contribution in [3.63, 3.8) is 0 Å². The van der Waals surface area contributed by atoms with Crippen molar-refractivity contribution in [1.82, 2.24) is 5.32 Å². The normalized spacial score (nSPS) is 15.7. The van der Waals surface area contributed by atoms with E-state index in [1.54, 1.807) is 12.1 Å². The van der Waals surface area contributed by atoms with Crippen molar-refractivity contribution in [2.45, 2.75) is 38.3 Å². The van der Waals surface area contributed by atoms with Crippen LogP contribution in [0, 0.1) is 10.1 Å². The molecule has 0 saturated heterocycles. The average molecular weight is 299 g/mol. The van der Waals surface area contributed by atoms with Gasteiger partial charge in [-0.25, -0.2) is 0 Å². The van der Waals surface area contributed by atoms with Gasteiger partial charge in [-0.2, -0.15) is 0 Å². The predicted octanol–water partition coefficient (Wildman–Crippen LogP) is 3.30. The van der Waals surface area contributed by atoms with Gasteiger partial charge in [-0.15, -0.1) is 0 Å². The van der Waals surface area contributed by atoms with Crippen molar-refractivity contribution >= 4 is 17.3 Å². The molecule has 20 heavy (non-hydrogen) atoms. The van der Waals surface area contributed by atoms with E-state index < -0.39 is 4.92 Å². The number of nitrogens with zero attached hydrogens (tertiary/aromatic N) is 1. The highest BCUT2D eigenvalue weighted by atomic mass is 35.5. The Labute approximate surface area is 123 Å². The summed E-state index contributed by atoms with van der Waals surface area (Å²) in [6.07, 6.45) is 5.20. The lowest BCUT2D eigenvalue weighted by molar-refractivity contribution is -0.385. The molecule has 1 aromatic rings. The summed E-state index contributed by atoms with van der Waals surface area (Å²) in [5.41, 5.74) is 0.585. The number of nitrogens with one attached hydrogen (secondary N) is 1. The molecule has 0 aromatic heterocycles. The van der Waals surface area contributed by atoms with Gasteiger partial charge >= 0.3 is 0 Å². The van der Waals surface area contributed by atoms with Gasteiger partial charge in [0.2, 0.25) is 0 Å². The van der Waals surface area contributed by atoms with Crippen molar-refractivity contribution in [3.8, 4) is 0 Å². The van der Waals surface area contributed by atoms with E-state index in [-0.39, 0.29) is 5.69 Å². The molecule has 0 aliphatic heterocycles. The molecule has 0 bridgehead atoms. The Kier molecular flexibility index (Phi) is 5.76. The highest BCUT2D eigenvalue weighted by Gasteiger charge is 2.17. The minimum Gasteiger partial charge on any atom is -0.377 e. The highest BCUT2D eigenvalue weighted by Crippen LogP contribution is 2.25. The van der Waals surface area contributed by atoms with Gasteiger partial charge in [-0.3, -0.25) is 10.1 Å². The van der Waals surface area contributed by atoms with Crippen LogP contribution in [0.3, 0.4) is 0 Å². The van der Waals surface area contributed by atoms with Crippen LogP contribution in [0.25, 0.3) is 0 Å². The van der Waals surface area contributed by atoms with E-state index >= 15 is 0 Å². The topological polar surface area (TPSA) is 64.4 Å². The molecule has 1 aliphatic rings. The number of hydrogen-bond acceptors (Lipinski definition) is 4. The summed E-state index contributed by atoms with van der Waals surface area (Å²) < 4.78 is 5.72. The van der Waals surface area contributed by atoms with Crippen LogP contribution in [0.1, 0.15) is 31.2 Å². The number of nitro benzene ring substituents is 1. The van der Waals surface area contributed by atoms with Crippen LogP contribution in [-0.2, 0) is 11.3 Å². The summed E-state index contributed by atoms with van der Waals surface area (Å²) in [4.78, 5) is 10.5. The summed E-state index contributed by atoms with van der Waals surface area (Å²) in [5.74, 6) is 0. The second-order valence-corrected chi connectivity index (χ2v) is 5.36. The van der Waals surface area contributed by atoms with E-state index in [0.29, 0.717) is 36.4 Å². The quantitative estimate of drug-likeness (QED) is 0.476. The van der Waals surface area contributed by atoms with Gasteiger partial charge < -0.3 is 10.1 Å². The first-order valence-electron chi connectivity index (χ1n) is 6.92. The van der Waals surface area contributed by atoms with Crippen molar-refractivity contribution < 1.29 is 9.66 Å². The van der Waals surface area contributed by atoms with Gasteiger partial charge in [-0.1, -0.05) is 30.5 Å². The molecule has 110 valence electrons. The van der Waals surface area contributed by atoms with Gasteiger partial charge in [0.25, 0.3) is 5.69 Å². The molecule has 1 aliphatic carbocycles. The molecular weight excluding hydrogens is 280 g/mol. The van der Waals surface area contributed by atoms with Gasteiger partial charge in [0.1, 0.15) is 0 Å². The maximum absolute atomic E-state index is 10.9. The Morgan fingerprint density at radius 1 is 1.40 bits per heavy atom. The minimum absolute atomic E-state index is 0.0571. The Bertz CT molecular complexity index is 462. The third-order valence-electron chi connectivity index (χ3n) is 3.53. The van der Waals surface area contributed by atoms with Crippen LogP contribution >= 0.6 is 11.6 Å². The summed E-state index contributed by atoms with van der Waals surface area (Å²) in [6.45, 7) is 1.67.